The van der Waals surface area contributed by atoms with Crippen LogP contribution in [0.3, 0.4) is 0 Å². The van der Waals surface area contributed by atoms with Gasteiger partial charge in [-0.2, -0.15) is 0 Å². The molecule has 0 aromatic heterocycles. The predicted molar refractivity (Wildman–Crippen MR) is 190 cm³/mol. The fourth-order valence-electron chi connectivity index (χ4n) is 5.65. The van der Waals surface area contributed by atoms with E-state index in [4.69, 9.17) is 0 Å². The Kier molecular flexibility index (Phi) is 24.0. The Balaban J connectivity index is 2.24. The molecule has 6 nitrogen and oxygen atoms in total. The lowest BCUT2D eigenvalue weighted by Crippen LogP contribution is -2.35. The zero-order valence-electron chi connectivity index (χ0n) is 29.9. The fourth-order valence-corrected chi connectivity index (χ4v) is 5.65. The zero-order chi connectivity index (χ0) is 32.4. The summed E-state index contributed by atoms with van der Waals surface area (Å²) in [5, 5.41) is 0. The summed E-state index contributed by atoms with van der Waals surface area (Å²) in [6, 6.07) is 7.17. The molecule has 2 amide bonds. The van der Waals surface area contributed by atoms with Gasteiger partial charge in [-0.15, -0.1) is 0 Å². The maximum Gasteiger partial charge on any atom is 0.253 e. The van der Waals surface area contributed by atoms with Crippen LogP contribution in [0.1, 0.15) is 150 Å². The summed E-state index contributed by atoms with van der Waals surface area (Å²) in [4.78, 5) is 34.2. The minimum absolute atomic E-state index is 0.00643. The lowest BCUT2D eigenvalue weighted by molar-refractivity contribution is 0.0770. The van der Waals surface area contributed by atoms with Crippen molar-refractivity contribution in [2.24, 2.45) is 0 Å². The third-order valence-electron chi connectivity index (χ3n) is 8.99. The van der Waals surface area contributed by atoms with Crippen LogP contribution in [0.4, 0.5) is 0 Å². The molecule has 0 saturated heterocycles. The standard InChI is InChI=1S/C38H70N4O2/c1-7-9-11-13-15-17-19-21-23-29-39(3)31-33-41(5)37(43)35-25-27-36(28-26-35)38(44)42(6)34-32-40(4)30-24-22-20-18-16-14-12-10-8-2/h25-28H,7-24,29-34H2,1-6H3. The Morgan fingerprint density at radius 1 is 0.409 bits per heavy atom. The Labute approximate surface area is 272 Å². The topological polar surface area (TPSA) is 47.1 Å². The first-order valence-electron chi connectivity index (χ1n) is 18.3. The zero-order valence-corrected chi connectivity index (χ0v) is 29.9. The van der Waals surface area contributed by atoms with Gasteiger partial charge in [0.2, 0.25) is 0 Å². The maximum atomic E-state index is 13.0. The lowest BCUT2D eigenvalue weighted by Gasteiger charge is -2.23. The molecular formula is C38H70N4O2. The fraction of sp³-hybridized carbons (Fsp3) is 0.789. The van der Waals surface area contributed by atoms with Gasteiger partial charge in [-0.1, -0.05) is 117 Å². The highest BCUT2D eigenvalue weighted by atomic mass is 16.2. The quantitative estimate of drug-likeness (QED) is 0.0886. The second-order valence-corrected chi connectivity index (χ2v) is 13.3. The molecule has 0 fully saturated rings. The third kappa shape index (κ3) is 19.5. The Bertz CT molecular complexity index is 775. The highest BCUT2D eigenvalue weighted by Crippen LogP contribution is 2.12. The molecule has 0 aliphatic rings. The summed E-state index contributed by atoms with van der Waals surface area (Å²) in [5.41, 5.74) is 1.27. The summed E-state index contributed by atoms with van der Waals surface area (Å²) in [7, 11) is 8.03. The summed E-state index contributed by atoms with van der Waals surface area (Å²) < 4.78 is 0. The third-order valence-corrected chi connectivity index (χ3v) is 8.99. The number of benzene rings is 1. The summed E-state index contributed by atoms with van der Waals surface area (Å²) in [6.45, 7) is 9.83. The van der Waals surface area contributed by atoms with Crippen LogP contribution in [0.25, 0.3) is 0 Å². The Morgan fingerprint density at radius 3 is 0.977 bits per heavy atom. The van der Waals surface area contributed by atoms with Gasteiger partial charge in [0, 0.05) is 51.4 Å². The first kappa shape index (κ1) is 40.1. The van der Waals surface area contributed by atoms with E-state index >= 15 is 0 Å². The Hall–Kier alpha value is -1.92. The SMILES string of the molecule is CCCCCCCCCCCN(C)CCN(C)C(=O)c1ccc(C(=O)N(C)CCN(C)CCCCCCCCCCC)cc1. The normalized spacial score (nSPS) is 11.5. The number of rotatable bonds is 28. The molecule has 0 unspecified atom stereocenters. The van der Waals surface area contributed by atoms with Crippen LogP contribution in [-0.4, -0.2) is 98.9 Å². The molecule has 0 atom stereocenters. The van der Waals surface area contributed by atoms with Crippen molar-refractivity contribution in [1.29, 1.82) is 0 Å². The minimum Gasteiger partial charge on any atom is -0.340 e. The van der Waals surface area contributed by atoms with E-state index in [9.17, 15) is 9.59 Å². The van der Waals surface area contributed by atoms with E-state index in [1.54, 1.807) is 34.1 Å². The molecule has 0 spiro atoms. The maximum absolute atomic E-state index is 13.0. The van der Waals surface area contributed by atoms with Gasteiger partial charge in [0.15, 0.2) is 0 Å². The first-order valence-corrected chi connectivity index (χ1v) is 18.3. The number of hydrogen-bond acceptors (Lipinski definition) is 4. The number of hydrogen-bond donors (Lipinski definition) is 0. The van der Waals surface area contributed by atoms with E-state index in [1.165, 1.54) is 116 Å². The molecule has 1 aromatic rings. The number of nitrogens with zero attached hydrogens (tertiary/aromatic N) is 4. The van der Waals surface area contributed by atoms with Crippen molar-refractivity contribution in [1.82, 2.24) is 19.6 Å². The number of likely N-dealkylation sites (N-methyl/N-ethyl adjacent to an activating group) is 4. The molecule has 44 heavy (non-hydrogen) atoms. The van der Waals surface area contributed by atoms with E-state index in [0.29, 0.717) is 24.2 Å². The van der Waals surface area contributed by atoms with Gasteiger partial charge in [-0.25, -0.2) is 0 Å². The van der Waals surface area contributed by atoms with Crippen LogP contribution in [0.15, 0.2) is 24.3 Å². The molecule has 254 valence electrons. The van der Waals surface area contributed by atoms with E-state index in [2.05, 4.69) is 37.7 Å². The molecule has 0 N–H and O–H groups in total. The first-order chi connectivity index (χ1) is 21.3. The molecule has 0 aliphatic carbocycles. The molecule has 0 saturated carbocycles. The molecular weight excluding hydrogens is 544 g/mol. The van der Waals surface area contributed by atoms with Crippen LogP contribution in [0.2, 0.25) is 0 Å². The average molecular weight is 615 g/mol. The van der Waals surface area contributed by atoms with Gasteiger partial charge in [-0.3, -0.25) is 9.59 Å². The molecule has 1 aromatic carbocycles. The minimum atomic E-state index is 0.00643. The van der Waals surface area contributed by atoms with Crippen molar-refractivity contribution >= 4 is 11.8 Å². The predicted octanol–water partition coefficient (Wildman–Crippen LogP) is 8.76. The molecule has 0 radical (unpaired) electrons. The van der Waals surface area contributed by atoms with Crippen molar-refractivity contribution < 1.29 is 9.59 Å². The van der Waals surface area contributed by atoms with Gasteiger partial charge in [-0.05, 0) is 64.3 Å². The van der Waals surface area contributed by atoms with Crippen molar-refractivity contribution in [2.45, 2.75) is 129 Å². The van der Waals surface area contributed by atoms with Crippen molar-refractivity contribution in [3.8, 4) is 0 Å². The van der Waals surface area contributed by atoms with Crippen LogP contribution >= 0.6 is 0 Å². The number of amides is 2. The van der Waals surface area contributed by atoms with Gasteiger partial charge < -0.3 is 19.6 Å². The van der Waals surface area contributed by atoms with Crippen LogP contribution < -0.4 is 0 Å². The van der Waals surface area contributed by atoms with Crippen LogP contribution in [0.5, 0.6) is 0 Å². The van der Waals surface area contributed by atoms with Gasteiger partial charge in [0.1, 0.15) is 0 Å². The second kappa shape index (κ2) is 26.3. The Morgan fingerprint density at radius 2 is 0.682 bits per heavy atom. The highest BCUT2D eigenvalue weighted by Gasteiger charge is 2.16. The second-order valence-electron chi connectivity index (χ2n) is 13.3. The van der Waals surface area contributed by atoms with Gasteiger partial charge >= 0.3 is 0 Å². The summed E-state index contributed by atoms with van der Waals surface area (Å²) in [5.74, 6) is 0.0129. The van der Waals surface area contributed by atoms with Crippen molar-refractivity contribution in [3.63, 3.8) is 0 Å². The summed E-state index contributed by atoms with van der Waals surface area (Å²) >= 11 is 0. The van der Waals surface area contributed by atoms with E-state index in [1.807, 2.05) is 14.1 Å². The number of carbonyl (C=O) groups excluding carboxylic acids is 2. The van der Waals surface area contributed by atoms with Gasteiger partial charge in [0.05, 0.1) is 0 Å². The van der Waals surface area contributed by atoms with Crippen molar-refractivity contribution in [2.75, 3.05) is 67.5 Å². The van der Waals surface area contributed by atoms with E-state index < -0.39 is 0 Å². The van der Waals surface area contributed by atoms with Crippen molar-refractivity contribution in [3.05, 3.63) is 35.4 Å². The number of unbranched alkanes of at least 4 members (excludes halogenated alkanes) is 16. The monoisotopic (exact) mass is 615 g/mol. The summed E-state index contributed by atoms with van der Waals surface area (Å²) in [6.07, 6.45) is 24.1. The molecule has 1 rings (SSSR count). The van der Waals surface area contributed by atoms with Crippen LogP contribution in [0, 0.1) is 0 Å². The van der Waals surface area contributed by atoms with Gasteiger partial charge in [0.25, 0.3) is 11.8 Å². The lowest BCUT2D eigenvalue weighted by atomic mass is 10.1. The highest BCUT2D eigenvalue weighted by molar-refractivity contribution is 5.97. The molecule has 0 aliphatic heterocycles. The average Bonchev–Trinajstić information content (AvgIpc) is 3.03. The van der Waals surface area contributed by atoms with Crippen LogP contribution in [-0.2, 0) is 0 Å². The molecule has 0 heterocycles. The molecule has 0 bridgehead atoms. The molecule has 6 heteroatoms. The van der Waals surface area contributed by atoms with E-state index in [0.717, 1.165) is 26.2 Å². The number of carbonyl (C=O) groups is 2. The van der Waals surface area contributed by atoms with E-state index in [-0.39, 0.29) is 11.8 Å². The smallest absolute Gasteiger partial charge is 0.253 e. The largest absolute Gasteiger partial charge is 0.340 e.